The number of ether oxygens (including phenoxy) is 1. The van der Waals surface area contributed by atoms with Gasteiger partial charge in [-0.15, -0.1) is 12.4 Å². The van der Waals surface area contributed by atoms with E-state index in [-0.39, 0.29) is 23.9 Å². The maximum atomic E-state index is 11.8. The Balaban J connectivity index is 0.00000361. The van der Waals surface area contributed by atoms with Crippen molar-refractivity contribution in [3.63, 3.8) is 0 Å². The first kappa shape index (κ1) is 18.7. The summed E-state index contributed by atoms with van der Waals surface area (Å²) >= 11 is 0. The molecule has 114 valence electrons. The van der Waals surface area contributed by atoms with E-state index in [0.717, 1.165) is 19.4 Å². The molecule has 0 amide bonds. The van der Waals surface area contributed by atoms with Crippen LogP contribution in [0.15, 0.2) is 24.3 Å². The number of carbonyl (C=O) groups excluding carboxylic acids is 1. The summed E-state index contributed by atoms with van der Waals surface area (Å²) in [7, 11) is 0. The summed E-state index contributed by atoms with van der Waals surface area (Å²) in [6.45, 7) is 7.48. The van der Waals surface area contributed by atoms with Gasteiger partial charge in [-0.25, -0.2) is 4.79 Å². The Morgan fingerprint density at radius 1 is 1.30 bits per heavy atom. The maximum absolute atomic E-state index is 11.8. The molecule has 5 heteroatoms. The van der Waals surface area contributed by atoms with Crippen LogP contribution in [0.1, 0.15) is 44.0 Å². The van der Waals surface area contributed by atoms with E-state index in [1.165, 1.54) is 0 Å². The number of rotatable bonds is 7. The van der Waals surface area contributed by atoms with E-state index in [1.54, 1.807) is 24.3 Å². The third-order valence-electron chi connectivity index (χ3n) is 2.84. The highest BCUT2D eigenvalue weighted by Crippen LogP contribution is 2.09. The number of esters is 1. The molecule has 0 aromatic heterocycles. The molecule has 20 heavy (non-hydrogen) atoms. The van der Waals surface area contributed by atoms with Crippen molar-refractivity contribution in [2.24, 2.45) is 0 Å². The smallest absolute Gasteiger partial charge is 0.338 e. The molecule has 0 radical (unpaired) electrons. The summed E-state index contributed by atoms with van der Waals surface area (Å²) < 4.78 is 5.32. The lowest BCUT2D eigenvalue weighted by Crippen LogP contribution is -2.44. The van der Waals surface area contributed by atoms with Crippen LogP contribution in [0, 0.1) is 0 Å². The van der Waals surface area contributed by atoms with Crippen LogP contribution in [0.25, 0.3) is 0 Å². The van der Waals surface area contributed by atoms with Crippen LogP contribution in [0.4, 0.5) is 5.69 Å². The van der Waals surface area contributed by atoms with Crippen molar-refractivity contribution in [3.05, 3.63) is 29.8 Å². The van der Waals surface area contributed by atoms with E-state index in [1.807, 2.05) is 13.8 Å². The van der Waals surface area contributed by atoms with E-state index in [9.17, 15) is 4.79 Å². The van der Waals surface area contributed by atoms with E-state index < -0.39 is 0 Å². The SMILES string of the molecule is CCCCNC(C)(C)COC(=O)c1ccc(N)cc1.Cl. The first-order valence-corrected chi connectivity index (χ1v) is 6.72. The van der Waals surface area contributed by atoms with Gasteiger partial charge in [-0.1, -0.05) is 13.3 Å². The van der Waals surface area contributed by atoms with Crippen molar-refractivity contribution in [1.82, 2.24) is 5.32 Å². The number of carbonyl (C=O) groups is 1. The molecule has 1 aromatic carbocycles. The van der Waals surface area contributed by atoms with Gasteiger partial charge < -0.3 is 15.8 Å². The second-order valence-corrected chi connectivity index (χ2v) is 5.36. The Bertz CT molecular complexity index is 405. The van der Waals surface area contributed by atoms with Crippen LogP contribution in [-0.4, -0.2) is 24.7 Å². The Morgan fingerprint density at radius 3 is 2.45 bits per heavy atom. The highest BCUT2D eigenvalue weighted by Gasteiger charge is 2.19. The van der Waals surface area contributed by atoms with Gasteiger partial charge >= 0.3 is 5.97 Å². The summed E-state index contributed by atoms with van der Waals surface area (Å²) in [6, 6.07) is 6.74. The first-order valence-electron chi connectivity index (χ1n) is 6.72. The Hall–Kier alpha value is -1.26. The number of halogens is 1. The standard InChI is InChI=1S/C15H24N2O2.ClH/c1-4-5-10-17-15(2,3)11-19-14(18)12-6-8-13(16)9-7-12;/h6-9,17H,4-5,10-11,16H2,1-3H3;1H. The maximum Gasteiger partial charge on any atom is 0.338 e. The van der Waals surface area contributed by atoms with E-state index in [0.29, 0.717) is 17.9 Å². The minimum atomic E-state index is -0.314. The molecule has 1 aromatic rings. The van der Waals surface area contributed by atoms with Gasteiger partial charge in [-0.2, -0.15) is 0 Å². The number of nitrogen functional groups attached to an aromatic ring is 1. The molecule has 0 bridgehead atoms. The highest BCUT2D eigenvalue weighted by molar-refractivity contribution is 5.89. The van der Waals surface area contributed by atoms with E-state index >= 15 is 0 Å². The molecule has 0 fully saturated rings. The zero-order chi connectivity index (χ0) is 14.3. The summed E-state index contributed by atoms with van der Waals surface area (Å²) in [5, 5.41) is 3.38. The fraction of sp³-hybridized carbons (Fsp3) is 0.533. The van der Waals surface area contributed by atoms with Gasteiger partial charge in [-0.05, 0) is 51.1 Å². The highest BCUT2D eigenvalue weighted by atomic mass is 35.5. The fourth-order valence-electron chi connectivity index (χ4n) is 1.60. The predicted molar refractivity (Wildman–Crippen MR) is 85.4 cm³/mol. The quantitative estimate of drug-likeness (QED) is 0.461. The Kier molecular flexibility index (Phi) is 8.26. The van der Waals surface area contributed by atoms with Gasteiger partial charge in [0.1, 0.15) is 6.61 Å². The largest absolute Gasteiger partial charge is 0.460 e. The van der Waals surface area contributed by atoms with Crippen molar-refractivity contribution >= 4 is 24.1 Å². The van der Waals surface area contributed by atoms with Crippen LogP contribution in [0.5, 0.6) is 0 Å². The van der Waals surface area contributed by atoms with Crippen molar-refractivity contribution < 1.29 is 9.53 Å². The first-order chi connectivity index (χ1) is 8.94. The molecule has 0 aliphatic rings. The summed E-state index contributed by atoms with van der Waals surface area (Å²) in [6.07, 6.45) is 2.27. The van der Waals surface area contributed by atoms with Crippen LogP contribution >= 0.6 is 12.4 Å². The summed E-state index contributed by atoms with van der Waals surface area (Å²) in [5.41, 5.74) is 6.53. The lowest BCUT2D eigenvalue weighted by atomic mass is 10.1. The molecule has 0 aliphatic carbocycles. The molecule has 0 saturated heterocycles. The average Bonchev–Trinajstić information content (AvgIpc) is 2.37. The molecule has 1 rings (SSSR count). The number of nitrogens with one attached hydrogen (secondary N) is 1. The second kappa shape index (κ2) is 8.82. The predicted octanol–water partition coefficient (Wildman–Crippen LogP) is 3.02. The minimum Gasteiger partial charge on any atom is -0.460 e. The third kappa shape index (κ3) is 6.78. The van der Waals surface area contributed by atoms with Gasteiger partial charge in [0.15, 0.2) is 0 Å². The second-order valence-electron chi connectivity index (χ2n) is 5.36. The Labute approximate surface area is 127 Å². The molecule has 0 aliphatic heterocycles. The lowest BCUT2D eigenvalue weighted by molar-refractivity contribution is 0.0400. The molecule has 0 unspecified atom stereocenters. The van der Waals surface area contributed by atoms with Crippen molar-refractivity contribution in [3.8, 4) is 0 Å². The number of hydrogen-bond acceptors (Lipinski definition) is 4. The summed E-state index contributed by atoms with van der Waals surface area (Å²) in [4.78, 5) is 11.8. The lowest BCUT2D eigenvalue weighted by Gasteiger charge is -2.25. The zero-order valence-electron chi connectivity index (χ0n) is 12.4. The van der Waals surface area contributed by atoms with Gasteiger partial charge in [0.25, 0.3) is 0 Å². The number of benzene rings is 1. The zero-order valence-corrected chi connectivity index (χ0v) is 13.3. The van der Waals surface area contributed by atoms with Crippen LogP contribution in [0.3, 0.4) is 0 Å². The van der Waals surface area contributed by atoms with Gasteiger partial charge in [-0.3, -0.25) is 0 Å². The molecular formula is C15H25ClN2O2. The number of hydrogen-bond donors (Lipinski definition) is 2. The monoisotopic (exact) mass is 300 g/mol. The van der Waals surface area contributed by atoms with Crippen LogP contribution < -0.4 is 11.1 Å². The third-order valence-corrected chi connectivity index (χ3v) is 2.84. The molecule has 0 heterocycles. The molecule has 3 N–H and O–H groups in total. The van der Waals surface area contributed by atoms with Gasteiger partial charge in [0.2, 0.25) is 0 Å². The Morgan fingerprint density at radius 2 is 1.90 bits per heavy atom. The topological polar surface area (TPSA) is 64.3 Å². The summed E-state index contributed by atoms with van der Waals surface area (Å²) in [5.74, 6) is -0.314. The van der Waals surface area contributed by atoms with Gasteiger partial charge in [0.05, 0.1) is 5.56 Å². The normalized spacial score (nSPS) is 10.8. The van der Waals surface area contributed by atoms with E-state index in [4.69, 9.17) is 10.5 Å². The fourth-order valence-corrected chi connectivity index (χ4v) is 1.60. The van der Waals surface area contributed by atoms with Crippen molar-refractivity contribution in [2.75, 3.05) is 18.9 Å². The molecule has 0 saturated carbocycles. The van der Waals surface area contributed by atoms with Crippen LogP contribution in [0.2, 0.25) is 0 Å². The van der Waals surface area contributed by atoms with Crippen LogP contribution in [-0.2, 0) is 4.74 Å². The van der Waals surface area contributed by atoms with Crippen molar-refractivity contribution in [1.29, 1.82) is 0 Å². The number of anilines is 1. The van der Waals surface area contributed by atoms with E-state index in [2.05, 4.69) is 12.2 Å². The van der Waals surface area contributed by atoms with Crippen molar-refractivity contribution in [2.45, 2.75) is 39.2 Å². The molecule has 0 spiro atoms. The molecule has 4 nitrogen and oxygen atoms in total. The molecule has 0 atom stereocenters. The minimum absolute atomic E-state index is 0. The van der Waals surface area contributed by atoms with Gasteiger partial charge in [0, 0.05) is 11.2 Å². The number of unbranched alkanes of at least 4 members (excludes halogenated alkanes) is 1. The molecular weight excluding hydrogens is 276 g/mol. The average molecular weight is 301 g/mol. The number of nitrogens with two attached hydrogens (primary N) is 1.